The second-order valence-electron chi connectivity index (χ2n) is 22.0. The lowest BCUT2D eigenvalue weighted by Gasteiger charge is -2.31. The van der Waals surface area contributed by atoms with Gasteiger partial charge in [0.15, 0.2) is 17.3 Å². The summed E-state index contributed by atoms with van der Waals surface area (Å²) in [6.45, 7) is 28.0. The van der Waals surface area contributed by atoms with Gasteiger partial charge in [-0.05, 0) is 111 Å². The Labute approximate surface area is 487 Å². The van der Waals surface area contributed by atoms with Crippen molar-refractivity contribution in [2.75, 3.05) is 37.6 Å². The van der Waals surface area contributed by atoms with Crippen molar-refractivity contribution < 1.29 is 19.8 Å². The number of rotatable bonds is 37. The molecule has 4 atom stereocenters. The molecule has 446 valence electrons. The van der Waals surface area contributed by atoms with Crippen molar-refractivity contribution in [2.24, 2.45) is 44.1 Å². The Hall–Kier alpha value is -7.34. The standard InChI is InChI=1S/C64H94N12O6/c1-10-18-26-45(14-5)41-73(42-46(15-6)27-19-11-2)59(77)49-30-34-51(35-31-49)69-71-57-54(66)53(40-65)61(79)75(63(57)81)38-24-22-23-25-39-76-62(80)56(68-9)55(67)58(64(76)82)72-70-52-36-32-50(33-37-52)60(78)74(43-47(16-7)28-20-12-3)44-48(17-8)29-21-13-4/h30-37,45-48,79-80H,10-29,38-39,41-44,66-67H2,1-8H3. The minimum Gasteiger partial charge on any atom is -0.503 e. The summed E-state index contributed by atoms with van der Waals surface area (Å²) in [4.78, 5) is 63.2. The molecule has 0 saturated carbocycles. The normalized spacial score (nSPS) is 13.0. The van der Waals surface area contributed by atoms with Gasteiger partial charge in [0.2, 0.25) is 5.88 Å². The van der Waals surface area contributed by atoms with E-state index < -0.39 is 22.9 Å². The first-order valence-electron chi connectivity index (χ1n) is 30.5. The van der Waals surface area contributed by atoms with Crippen molar-refractivity contribution in [1.29, 1.82) is 5.26 Å². The predicted molar refractivity (Wildman–Crippen MR) is 329 cm³/mol. The Morgan fingerprint density at radius 1 is 0.549 bits per heavy atom. The van der Waals surface area contributed by atoms with Crippen molar-refractivity contribution in [1.82, 2.24) is 18.9 Å². The maximum absolute atomic E-state index is 14.1. The van der Waals surface area contributed by atoms with E-state index in [9.17, 15) is 34.7 Å². The lowest BCUT2D eigenvalue weighted by Crippen LogP contribution is -2.39. The number of hydrogen-bond donors (Lipinski definition) is 4. The molecule has 0 fully saturated rings. The van der Waals surface area contributed by atoms with Crippen molar-refractivity contribution in [3.05, 3.63) is 97.3 Å². The minimum absolute atomic E-state index is 0.00171. The molecule has 0 aliphatic heterocycles. The SMILES string of the molecule is [C-]#[N+]c1c(N)c(N=Nc2ccc(C(=O)N(CC(CC)CCCC)CC(CC)CCCC)cc2)c(=O)n(CCCCCCn2c(O)c(C#N)c(N)c(N=Nc3ccc(C(=O)N(CC(CC)CCCC)CC(CC)CCCC)cc3)c2=O)c1O. The zero-order chi connectivity index (χ0) is 60.1. The third-order valence-electron chi connectivity index (χ3n) is 16.0. The third-order valence-corrected chi connectivity index (χ3v) is 16.0. The fourth-order valence-corrected chi connectivity index (χ4v) is 10.5. The molecule has 18 nitrogen and oxygen atoms in total. The van der Waals surface area contributed by atoms with Crippen LogP contribution in [-0.4, -0.2) is 67.1 Å². The first-order valence-corrected chi connectivity index (χ1v) is 30.5. The van der Waals surface area contributed by atoms with Crippen molar-refractivity contribution in [2.45, 2.75) is 197 Å². The molecule has 2 amide bonds. The summed E-state index contributed by atoms with van der Waals surface area (Å²) >= 11 is 0. The number of nitriles is 1. The maximum Gasteiger partial charge on any atom is 0.283 e. The summed E-state index contributed by atoms with van der Waals surface area (Å²) in [5, 5.41) is 48.9. The summed E-state index contributed by atoms with van der Waals surface area (Å²) in [6.07, 6.45) is 18.9. The number of carbonyl (C=O) groups excluding carboxylic acids is 2. The molecule has 82 heavy (non-hydrogen) atoms. The van der Waals surface area contributed by atoms with Gasteiger partial charge in [0.25, 0.3) is 28.6 Å². The molecule has 0 radical (unpaired) electrons. The number of aromatic hydroxyl groups is 2. The van der Waals surface area contributed by atoms with E-state index in [2.05, 4.69) is 80.7 Å². The monoisotopic (exact) mass is 1130 g/mol. The summed E-state index contributed by atoms with van der Waals surface area (Å²) < 4.78 is 2.06. The molecule has 0 spiro atoms. The van der Waals surface area contributed by atoms with Crippen LogP contribution in [0, 0.1) is 41.6 Å². The highest BCUT2D eigenvalue weighted by Gasteiger charge is 2.26. The Bertz CT molecular complexity index is 2690. The molecule has 0 bridgehead atoms. The number of hydrogen-bond acceptors (Lipinski definition) is 13. The molecular formula is C64H94N12O6. The lowest BCUT2D eigenvalue weighted by atomic mass is 9.95. The number of aromatic nitrogens is 2. The number of nitrogens with zero attached hydrogens (tertiary/aromatic N) is 10. The molecule has 4 rings (SSSR count). The molecule has 0 saturated heterocycles. The highest BCUT2D eigenvalue weighted by atomic mass is 16.3. The Morgan fingerprint density at radius 3 is 1.21 bits per heavy atom. The van der Waals surface area contributed by atoms with Gasteiger partial charge in [-0.3, -0.25) is 28.3 Å². The first-order chi connectivity index (χ1) is 39.6. The van der Waals surface area contributed by atoms with Gasteiger partial charge in [-0.25, -0.2) is 4.85 Å². The van der Waals surface area contributed by atoms with E-state index in [0.717, 1.165) is 112 Å². The highest BCUT2D eigenvalue weighted by Crippen LogP contribution is 2.38. The Kier molecular flexibility index (Phi) is 29.1. The summed E-state index contributed by atoms with van der Waals surface area (Å²) in [6, 6.07) is 15.3. The molecule has 4 unspecified atom stereocenters. The van der Waals surface area contributed by atoms with E-state index >= 15 is 0 Å². The van der Waals surface area contributed by atoms with Crippen LogP contribution in [-0.2, 0) is 13.1 Å². The van der Waals surface area contributed by atoms with Crippen molar-refractivity contribution >= 4 is 51.6 Å². The van der Waals surface area contributed by atoms with Gasteiger partial charge in [-0.2, -0.15) is 15.5 Å². The third kappa shape index (κ3) is 19.1. The second-order valence-corrected chi connectivity index (χ2v) is 22.0. The summed E-state index contributed by atoms with van der Waals surface area (Å²) in [7, 11) is 0. The van der Waals surface area contributed by atoms with Gasteiger partial charge in [0.05, 0.1) is 29.3 Å². The van der Waals surface area contributed by atoms with E-state index in [0.29, 0.717) is 98.0 Å². The second kappa shape index (κ2) is 35.5. The van der Waals surface area contributed by atoms with E-state index in [1.807, 2.05) is 15.9 Å². The number of amides is 2. The fourth-order valence-electron chi connectivity index (χ4n) is 10.5. The van der Waals surface area contributed by atoms with E-state index in [1.54, 1.807) is 48.5 Å². The smallest absolute Gasteiger partial charge is 0.283 e. The molecule has 0 aliphatic rings. The predicted octanol–water partition coefficient (Wildman–Crippen LogP) is 15.8. The first kappa shape index (κ1) is 67.2. The number of nitrogens with two attached hydrogens (primary N) is 2. The number of anilines is 2. The molecule has 4 aromatic rings. The largest absolute Gasteiger partial charge is 0.503 e. The number of pyridine rings is 2. The van der Waals surface area contributed by atoms with Crippen LogP contribution in [0.4, 0.5) is 39.8 Å². The minimum atomic E-state index is -0.749. The van der Waals surface area contributed by atoms with E-state index in [-0.39, 0.29) is 58.9 Å². The zero-order valence-electron chi connectivity index (χ0n) is 50.5. The van der Waals surface area contributed by atoms with Crippen LogP contribution in [0.25, 0.3) is 4.85 Å². The molecule has 6 N–H and O–H groups in total. The Balaban J connectivity index is 1.46. The molecule has 0 aliphatic carbocycles. The highest BCUT2D eigenvalue weighted by molar-refractivity contribution is 5.95. The number of benzene rings is 2. The van der Waals surface area contributed by atoms with Crippen LogP contribution in [0.3, 0.4) is 0 Å². The van der Waals surface area contributed by atoms with Crippen LogP contribution >= 0.6 is 0 Å². The van der Waals surface area contributed by atoms with Crippen LogP contribution in [0.5, 0.6) is 11.8 Å². The van der Waals surface area contributed by atoms with Gasteiger partial charge in [0, 0.05) is 50.4 Å². The van der Waals surface area contributed by atoms with Gasteiger partial charge < -0.3 is 31.5 Å². The molecular weight excluding hydrogens is 1030 g/mol. The van der Waals surface area contributed by atoms with Gasteiger partial charge >= 0.3 is 0 Å². The number of nitrogen functional groups attached to an aromatic ring is 2. The average molecular weight is 1130 g/mol. The summed E-state index contributed by atoms with van der Waals surface area (Å²) in [5.41, 5.74) is 10.8. The van der Waals surface area contributed by atoms with Crippen LogP contribution in [0.15, 0.2) is 78.6 Å². The summed E-state index contributed by atoms with van der Waals surface area (Å²) in [5.74, 6) is 0.375. The van der Waals surface area contributed by atoms with E-state index in [4.69, 9.17) is 18.0 Å². The molecule has 2 heterocycles. The molecule has 2 aromatic heterocycles. The zero-order valence-corrected chi connectivity index (χ0v) is 50.5. The number of unbranched alkanes of at least 4 members (excludes halogenated alkanes) is 7. The van der Waals surface area contributed by atoms with Crippen molar-refractivity contribution in [3.63, 3.8) is 0 Å². The van der Waals surface area contributed by atoms with Gasteiger partial charge in [-0.15, -0.1) is 10.2 Å². The fraction of sp³-hybridized carbons (Fsp3) is 0.594. The number of carbonyl (C=O) groups is 2. The number of azo groups is 2. The quantitative estimate of drug-likeness (QED) is 0.0190. The maximum atomic E-state index is 14.1. The Morgan fingerprint density at radius 2 is 0.890 bits per heavy atom. The lowest BCUT2D eigenvalue weighted by molar-refractivity contribution is 0.0678. The molecule has 18 heteroatoms. The van der Waals surface area contributed by atoms with Gasteiger partial charge in [-0.1, -0.05) is 145 Å². The topological polar surface area (TPSA) is 255 Å². The molecule has 2 aromatic carbocycles. The van der Waals surface area contributed by atoms with Crippen molar-refractivity contribution in [3.8, 4) is 17.8 Å². The van der Waals surface area contributed by atoms with E-state index in [1.165, 1.54) is 0 Å². The van der Waals surface area contributed by atoms with Crippen LogP contribution < -0.4 is 22.6 Å². The average Bonchev–Trinajstić information content (AvgIpc) is 3.65. The van der Waals surface area contributed by atoms with Crippen LogP contribution in [0.1, 0.15) is 210 Å². The van der Waals surface area contributed by atoms with Gasteiger partial charge in [0.1, 0.15) is 11.6 Å². The van der Waals surface area contributed by atoms with Crippen LogP contribution in [0.2, 0.25) is 0 Å².